The lowest BCUT2D eigenvalue weighted by Gasteiger charge is -2.20. The van der Waals surface area contributed by atoms with Crippen LogP contribution in [0.4, 0.5) is 5.69 Å². The molecule has 0 radical (unpaired) electrons. The lowest BCUT2D eigenvalue weighted by Crippen LogP contribution is -2.40. The van der Waals surface area contributed by atoms with Gasteiger partial charge >= 0.3 is 11.7 Å². The van der Waals surface area contributed by atoms with Gasteiger partial charge in [0.25, 0.3) is 0 Å². The lowest BCUT2D eigenvalue weighted by atomic mass is 10.1. The van der Waals surface area contributed by atoms with E-state index in [1.807, 2.05) is 0 Å². The van der Waals surface area contributed by atoms with E-state index in [1.165, 1.54) is 44.6 Å². The molecule has 32 heavy (non-hydrogen) atoms. The predicted molar refractivity (Wildman–Crippen MR) is 117 cm³/mol. The predicted octanol–water partition coefficient (Wildman–Crippen LogP) is 3.66. The van der Waals surface area contributed by atoms with Crippen LogP contribution in [0.3, 0.4) is 0 Å². The van der Waals surface area contributed by atoms with Crippen molar-refractivity contribution in [2.75, 3.05) is 14.2 Å². The number of ether oxygens (including phenoxy) is 3. The summed E-state index contributed by atoms with van der Waals surface area (Å²) in [7, 11) is -1.33. The van der Waals surface area contributed by atoms with Crippen LogP contribution in [0.5, 0.6) is 17.2 Å². The Hall–Kier alpha value is -3.44. The average molecular weight is 464 g/mol. The van der Waals surface area contributed by atoms with Crippen molar-refractivity contribution in [3.05, 3.63) is 58.2 Å². The second-order valence-electron chi connectivity index (χ2n) is 7.61. The van der Waals surface area contributed by atoms with E-state index < -0.39 is 32.1 Å². The van der Waals surface area contributed by atoms with E-state index >= 15 is 0 Å². The van der Waals surface area contributed by atoms with Gasteiger partial charge in [0.1, 0.15) is 0 Å². The molecule has 0 aliphatic heterocycles. The topological polar surface area (TPSA) is 134 Å². The van der Waals surface area contributed by atoms with Gasteiger partial charge in [-0.15, -0.1) is 0 Å². The number of rotatable bonds is 8. The maximum atomic E-state index is 12.5. The van der Waals surface area contributed by atoms with Crippen LogP contribution in [-0.4, -0.2) is 39.1 Å². The molecule has 10 nitrogen and oxygen atoms in total. The minimum Gasteiger partial charge on any atom is -0.493 e. The van der Waals surface area contributed by atoms with Crippen LogP contribution in [-0.2, 0) is 19.6 Å². The molecule has 0 bridgehead atoms. The molecule has 11 heteroatoms. The fourth-order valence-electron chi connectivity index (χ4n) is 2.58. The highest BCUT2D eigenvalue weighted by Gasteiger charge is 2.26. The second kappa shape index (κ2) is 9.79. The van der Waals surface area contributed by atoms with Crippen molar-refractivity contribution in [1.82, 2.24) is 4.72 Å². The number of hydrogen-bond donors (Lipinski definition) is 1. The zero-order valence-corrected chi connectivity index (χ0v) is 19.1. The van der Waals surface area contributed by atoms with Crippen molar-refractivity contribution in [1.29, 1.82) is 0 Å². The van der Waals surface area contributed by atoms with E-state index in [0.717, 1.165) is 6.07 Å². The molecule has 0 amide bonds. The molecule has 172 valence electrons. The van der Waals surface area contributed by atoms with E-state index in [1.54, 1.807) is 32.9 Å². The van der Waals surface area contributed by atoms with Gasteiger partial charge in [-0.2, -0.15) is 0 Å². The van der Waals surface area contributed by atoms with Gasteiger partial charge in [0.05, 0.1) is 24.0 Å². The number of esters is 1. The number of hydrogen-bond acceptors (Lipinski definition) is 8. The summed E-state index contributed by atoms with van der Waals surface area (Å²) in [6, 6.07) is 8.03. The quantitative estimate of drug-likeness (QED) is 0.271. The fourth-order valence-corrected chi connectivity index (χ4v) is 4.02. The maximum Gasteiger partial charge on any atom is 0.330 e. The van der Waals surface area contributed by atoms with E-state index in [-0.39, 0.29) is 22.1 Å². The minimum atomic E-state index is -3.98. The summed E-state index contributed by atoms with van der Waals surface area (Å²) < 4.78 is 43.0. The van der Waals surface area contributed by atoms with Gasteiger partial charge in [-0.1, -0.05) is 6.07 Å². The molecule has 1 N–H and O–H groups in total. The normalized spacial score (nSPS) is 11.9. The Bertz CT molecular complexity index is 1150. The molecule has 0 saturated carbocycles. The summed E-state index contributed by atoms with van der Waals surface area (Å²) in [6.07, 6.45) is 2.73. The molecule has 2 aromatic carbocycles. The first-order valence-corrected chi connectivity index (χ1v) is 10.8. The van der Waals surface area contributed by atoms with Crippen LogP contribution < -0.4 is 14.2 Å². The summed E-state index contributed by atoms with van der Waals surface area (Å²) in [6.45, 7) is 4.98. The highest BCUT2D eigenvalue weighted by molar-refractivity contribution is 7.89. The minimum absolute atomic E-state index is 0.161. The van der Waals surface area contributed by atoms with Crippen LogP contribution in [0.2, 0.25) is 0 Å². The van der Waals surface area contributed by atoms with Crippen LogP contribution in [0.1, 0.15) is 26.3 Å². The van der Waals surface area contributed by atoms with Gasteiger partial charge in [0, 0.05) is 17.7 Å². The number of sulfonamides is 1. The fraction of sp³-hybridized carbons (Fsp3) is 0.286. The smallest absolute Gasteiger partial charge is 0.330 e. The summed E-state index contributed by atoms with van der Waals surface area (Å²) in [4.78, 5) is 21.8. The maximum absolute atomic E-state index is 12.5. The molecule has 0 spiro atoms. The van der Waals surface area contributed by atoms with E-state index in [2.05, 4.69) is 9.46 Å². The van der Waals surface area contributed by atoms with Gasteiger partial charge in [0.15, 0.2) is 11.5 Å². The first-order chi connectivity index (χ1) is 14.9. The lowest BCUT2D eigenvalue weighted by molar-refractivity contribution is -0.385. The summed E-state index contributed by atoms with van der Waals surface area (Å²) in [5, 5.41) is 11.6. The van der Waals surface area contributed by atoms with Gasteiger partial charge < -0.3 is 14.2 Å². The molecule has 0 aromatic heterocycles. The first-order valence-electron chi connectivity index (χ1n) is 9.30. The van der Waals surface area contributed by atoms with Crippen LogP contribution in [0.25, 0.3) is 6.08 Å². The Labute approximate surface area is 186 Å². The number of carbonyl (C=O) groups is 1. The second-order valence-corrected chi connectivity index (χ2v) is 9.29. The summed E-state index contributed by atoms with van der Waals surface area (Å²) in [5.41, 5.74) is -0.692. The third kappa shape index (κ3) is 6.53. The van der Waals surface area contributed by atoms with Gasteiger partial charge in [0.2, 0.25) is 15.8 Å². The number of carbonyl (C=O) groups excluding carboxylic acids is 1. The summed E-state index contributed by atoms with van der Waals surface area (Å²) >= 11 is 0. The number of nitro benzene ring substituents is 1. The molecule has 0 aliphatic carbocycles. The van der Waals surface area contributed by atoms with Crippen molar-refractivity contribution in [2.24, 2.45) is 0 Å². The third-order valence-corrected chi connectivity index (χ3v) is 5.65. The van der Waals surface area contributed by atoms with E-state index in [4.69, 9.17) is 9.47 Å². The molecular weight excluding hydrogens is 440 g/mol. The number of nitro groups is 1. The molecule has 0 heterocycles. The van der Waals surface area contributed by atoms with Gasteiger partial charge in [-0.05, 0) is 56.7 Å². The molecule has 2 rings (SSSR count). The molecular formula is C21H24N2O8S. The Morgan fingerprint density at radius 1 is 1.06 bits per heavy atom. The molecule has 0 saturated heterocycles. The Kier molecular flexibility index (Phi) is 7.60. The largest absolute Gasteiger partial charge is 0.493 e. The number of nitrogens with zero attached hydrogens (tertiary/aromatic N) is 1. The standard InChI is InChI=1S/C21H24N2O8S/c1-21(2,3)22-32(27,28)15-8-10-17(16(13-15)23(25)26)31-18-9-6-14(12-19(18)29-4)7-11-20(24)30-5/h6-13,22H,1-5H3/b11-7+. The zero-order valence-electron chi connectivity index (χ0n) is 18.2. The highest BCUT2D eigenvalue weighted by atomic mass is 32.2. The Balaban J connectivity index is 2.41. The zero-order chi connectivity index (χ0) is 24.1. The van der Waals surface area contributed by atoms with Gasteiger partial charge in [-0.3, -0.25) is 10.1 Å². The van der Waals surface area contributed by atoms with Crippen LogP contribution in [0, 0.1) is 10.1 Å². The Morgan fingerprint density at radius 2 is 1.72 bits per heavy atom. The first kappa shape index (κ1) is 24.8. The van der Waals surface area contributed by atoms with Crippen LogP contribution in [0.15, 0.2) is 47.4 Å². The van der Waals surface area contributed by atoms with Crippen molar-refractivity contribution in [3.63, 3.8) is 0 Å². The molecule has 0 fully saturated rings. The number of nitrogens with one attached hydrogen (secondary N) is 1. The molecule has 0 atom stereocenters. The number of benzene rings is 2. The van der Waals surface area contributed by atoms with Crippen LogP contribution >= 0.6 is 0 Å². The average Bonchev–Trinajstić information content (AvgIpc) is 2.70. The molecule has 0 unspecified atom stereocenters. The SMILES string of the molecule is COC(=O)/C=C/c1ccc(Oc2ccc(S(=O)(=O)NC(C)(C)C)cc2[N+](=O)[O-])c(OC)c1. The van der Waals surface area contributed by atoms with Crippen molar-refractivity contribution < 1.29 is 32.3 Å². The highest BCUT2D eigenvalue weighted by Crippen LogP contribution is 2.38. The summed E-state index contributed by atoms with van der Waals surface area (Å²) in [5.74, 6) is -0.288. The van der Waals surface area contributed by atoms with E-state index in [9.17, 15) is 23.3 Å². The van der Waals surface area contributed by atoms with Gasteiger partial charge in [-0.25, -0.2) is 17.9 Å². The van der Waals surface area contributed by atoms with Crippen molar-refractivity contribution in [2.45, 2.75) is 31.2 Å². The third-order valence-electron chi connectivity index (χ3n) is 3.90. The molecule has 2 aromatic rings. The van der Waals surface area contributed by atoms with Crippen molar-refractivity contribution >= 4 is 27.8 Å². The number of methoxy groups -OCH3 is 2. The Morgan fingerprint density at radius 3 is 2.28 bits per heavy atom. The van der Waals surface area contributed by atoms with E-state index in [0.29, 0.717) is 5.56 Å². The monoisotopic (exact) mass is 464 g/mol. The molecule has 0 aliphatic rings. The van der Waals surface area contributed by atoms with Crippen molar-refractivity contribution in [3.8, 4) is 17.2 Å².